The Morgan fingerprint density at radius 2 is 2.00 bits per heavy atom. The number of piperidine rings is 1. The molecular weight excluding hydrogens is 366 g/mol. The van der Waals surface area contributed by atoms with Gasteiger partial charge in [-0.15, -0.1) is 0 Å². The molecule has 1 fully saturated rings. The average molecular weight is 391 g/mol. The minimum Gasteiger partial charge on any atom is -0.392 e. The second kappa shape index (κ2) is 7.46. The van der Waals surface area contributed by atoms with Crippen LogP contribution in [-0.4, -0.2) is 47.9 Å². The highest BCUT2D eigenvalue weighted by Crippen LogP contribution is 2.23. The van der Waals surface area contributed by atoms with Gasteiger partial charge in [-0.05, 0) is 38.3 Å². The number of β-amino-alcohol motifs (C(OH)–C–C–N with tert-alkyl or cyclic N) is 1. The summed E-state index contributed by atoms with van der Waals surface area (Å²) in [5.74, 6) is -0.385. The molecule has 1 amide bonds. The second-order valence-electron chi connectivity index (χ2n) is 7.35. The van der Waals surface area contributed by atoms with Gasteiger partial charge in [0.05, 0.1) is 11.6 Å². The Morgan fingerprint density at radius 3 is 2.67 bits per heavy atom. The zero-order valence-corrected chi connectivity index (χ0v) is 16.3. The molecule has 8 heteroatoms. The van der Waals surface area contributed by atoms with Crippen LogP contribution in [0.4, 0.5) is 0 Å². The van der Waals surface area contributed by atoms with E-state index >= 15 is 0 Å². The number of aromatic nitrogens is 1. The Kier molecular flexibility index (Phi) is 5.41. The van der Waals surface area contributed by atoms with Crippen LogP contribution in [0.25, 0.3) is 0 Å². The van der Waals surface area contributed by atoms with E-state index in [-0.39, 0.29) is 23.0 Å². The van der Waals surface area contributed by atoms with E-state index in [4.69, 9.17) is 0 Å². The number of nitrogens with one attached hydrogen (secondary N) is 2. The van der Waals surface area contributed by atoms with Gasteiger partial charge >= 0.3 is 0 Å². The SMILES string of the molecule is CC(C)(NC(=O)c1cc(S(=O)(=O)N2CCC[C@H](O)C2)c[nH]1)c1ccccc1. The molecule has 0 bridgehead atoms. The Morgan fingerprint density at radius 1 is 1.30 bits per heavy atom. The third-order valence-corrected chi connectivity index (χ3v) is 6.66. The van der Waals surface area contributed by atoms with Crippen LogP contribution < -0.4 is 5.32 Å². The Balaban J connectivity index is 1.76. The summed E-state index contributed by atoms with van der Waals surface area (Å²) >= 11 is 0. The Labute approximate surface area is 159 Å². The Hall–Kier alpha value is -2.16. The third-order valence-electron chi connectivity index (χ3n) is 4.82. The fraction of sp³-hybridized carbons (Fsp3) is 0.421. The standard InChI is InChI=1S/C19H25N3O4S/c1-19(2,14-7-4-3-5-8-14)21-18(24)17-11-16(12-20-17)27(25,26)22-10-6-9-15(23)13-22/h3-5,7-8,11-12,15,20,23H,6,9-10,13H2,1-2H3,(H,21,24)/t15-/m0/s1. The number of H-pyrrole nitrogens is 1. The van der Waals surface area contributed by atoms with Gasteiger partial charge in [-0.1, -0.05) is 30.3 Å². The Bertz CT molecular complexity index is 906. The minimum atomic E-state index is -3.74. The van der Waals surface area contributed by atoms with Gasteiger partial charge in [0.15, 0.2) is 0 Å². The second-order valence-corrected chi connectivity index (χ2v) is 9.29. The van der Waals surface area contributed by atoms with E-state index in [1.54, 1.807) is 0 Å². The quantitative estimate of drug-likeness (QED) is 0.723. The number of aliphatic hydroxyl groups excluding tert-OH is 1. The summed E-state index contributed by atoms with van der Waals surface area (Å²) in [6.07, 6.45) is 1.88. The van der Waals surface area contributed by atoms with Crippen molar-refractivity contribution in [2.24, 2.45) is 0 Å². The van der Waals surface area contributed by atoms with Gasteiger partial charge in [0, 0.05) is 19.3 Å². The number of rotatable bonds is 5. The predicted molar refractivity (Wildman–Crippen MR) is 102 cm³/mol. The van der Waals surface area contributed by atoms with E-state index in [2.05, 4.69) is 10.3 Å². The minimum absolute atomic E-state index is 0.0271. The maximum atomic E-state index is 12.7. The fourth-order valence-corrected chi connectivity index (χ4v) is 4.73. The van der Waals surface area contributed by atoms with Crippen molar-refractivity contribution < 1.29 is 18.3 Å². The van der Waals surface area contributed by atoms with E-state index in [1.807, 2.05) is 44.2 Å². The molecule has 1 aliphatic rings. The van der Waals surface area contributed by atoms with Crippen molar-refractivity contribution in [3.8, 4) is 0 Å². The molecule has 0 saturated carbocycles. The van der Waals surface area contributed by atoms with Gasteiger partial charge in [0.25, 0.3) is 5.91 Å². The number of aliphatic hydroxyl groups is 1. The molecule has 3 N–H and O–H groups in total. The van der Waals surface area contributed by atoms with Crippen LogP contribution >= 0.6 is 0 Å². The van der Waals surface area contributed by atoms with E-state index in [1.165, 1.54) is 16.6 Å². The normalized spacial score (nSPS) is 19.0. The molecule has 0 radical (unpaired) electrons. The van der Waals surface area contributed by atoms with Crippen LogP contribution in [0.3, 0.4) is 0 Å². The van der Waals surface area contributed by atoms with Gasteiger partial charge in [0.1, 0.15) is 10.6 Å². The largest absolute Gasteiger partial charge is 0.392 e. The maximum Gasteiger partial charge on any atom is 0.268 e. The highest BCUT2D eigenvalue weighted by Gasteiger charge is 2.31. The first-order valence-corrected chi connectivity index (χ1v) is 10.4. The molecule has 146 valence electrons. The number of hydrogen-bond acceptors (Lipinski definition) is 4. The molecule has 1 atom stereocenters. The molecule has 1 saturated heterocycles. The summed E-state index contributed by atoms with van der Waals surface area (Å²) in [5.41, 5.74) is 0.509. The van der Waals surface area contributed by atoms with Crippen molar-refractivity contribution in [1.29, 1.82) is 0 Å². The average Bonchev–Trinajstić information content (AvgIpc) is 3.13. The number of hydrogen-bond donors (Lipinski definition) is 3. The molecular formula is C19H25N3O4S. The maximum absolute atomic E-state index is 12.7. The molecule has 0 aliphatic carbocycles. The number of carbonyl (C=O) groups is 1. The smallest absolute Gasteiger partial charge is 0.268 e. The lowest BCUT2D eigenvalue weighted by molar-refractivity contribution is 0.0907. The van der Waals surface area contributed by atoms with Gasteiger partial charge in [-0.2, -0.15) is 4.31 Å². The summed E-state index contributed by atoms with van der Waals surface area (Å²) < 4.78 is 26.7. The third kappa shape index (κ3) is 4.23. The van der Waals surface area contributed by atoms with Crippen LogP contribution in [0.1, 0.15) is 42.7 Å². The highest BCUT2D eigenvalue weighted by atomic mass is 32.2. The van der Waals surface area contributed by atoms with Gasteiger partial charge < -0.3 is 15.4 Å². The summed E-state index contributed by atoms with van der Waals surface area (Å²) in [5, 5.41) is 12.7. The molecule has 27 heavy (non-hydrogen) atoms. The van der Waals surface area contributed by atoms with Crippen LogP contribution in [0.5, 0.6) is 0 Å². The molecule has 1 aromatic carbocycles. The zero-order chi connectivity index (χ0) is 19.7. The molecule has 7 nitrogen and oxygen atoms in total. The molecule has 3 rings (SSSR count). The van der Waals surface area contributed by atoms with Gasteiger partial charge in [0.2, 0.25) is 10.0 Å². The number of carbonyl (C=O) groups excluding carboxylic acids is 1. The summed E-state index contributed by atoms with van der Waals surface area (Å²) in [7, 11) is -3.74. The first-order valence-electron chi connectivity index (χ1n) is 8.95. The van der Waals surface area contributed by atoms with E-state index in [0.29, 0.717) is 19.4 Å². The lowest BCUT2D eigenvalue weighted by atomic mass is 9.94. The van der Waals surface area contributed by atoms with Gasteiger partial charge in [-0.25, -0.2) is 8.42 Å². The number of aromatic amines is 1. The van der Waals surface area contributed by atoms with Crippen LogP contribution in [-0.2, 0) is 15.6 Å². The van der Waals surface area contributed by atoms with Crippen molar-refractivity contribution in [2.75, 3.05) is 13.1 Å². The van der Waals surface area contributed by atoms with E-state index < -0.39 is 21.7 Å². The summed E-state index contributed by atoms with van der Waals surface area (Å²) in [4.78, 5) is 15.4. The van der Waals surface area contributed by atoms with Crippen molar-refractivity contribution in [3.05, 3.63) is 53.9 Å². The number of amides is 1. The fourth-order valence-electron chi connectivity index (χ4n) is 3.22. The lowest BCUT2D eigenvalue weighted by Crippen LogP contribution is -2.42. The first-order chi connectivity index (χ1) is 12.7. The summed E-state index contributed by atoms with van der Waals surface area (Å²) in [6, 6.07) is 10.9. The number of sulfonamides is 1. The molecule has 0 spiro atoms. The molecule has 2 aromatic rings. The molecule has 0 unspecified atom stereocenters. The number of benzene rings is 1. The van der Waals surface area contributed by atoms with E-state index in [0.717, 1.165) is 5.56 Å². The number of nitrogens with zero attached hydrogens (tertiary/aromatic N) is 1. The van der Waals surface area contributed by atoms with Crippen LogP contribution in [0.2, 0.25) is 0 Å². The van der Waals surface area contributed by atoms with Crippen molar-refractivity contribution >= 4 is 15.9 Å². The van der Waals surface area contributed by atoms with Crippen LogP contribution in [0, 0.1) is 0 Å². The topological polar surface area (TPSA) is 102 Å². The van der Waals surface area contributed by atoms with Gasteiger partial charge in [-0.3, -0.25) is 4.79 Å². The zero-order valence-electron chi connectivity index (χ0n) is 15.5. The predicted octanol–water partition coefficient (Wildman–Crippen LogP) is 1.83. The summed E-state index contributed by atoms with van der Waals surface area (Å²) in [6.45, 7) is 4.22. The molecule has 2 heterocycles. The molecule has 1 aliphatic heterocycles. The van der Waals surface area contributed by atoms with Crippen molar-refractivity contribution in [3.63, 3.8) is 0 Å². The highest BCUT2D eigenvalue weighted by molar-refractivity contribution is 7.89. The lowest BCUT2D eigenvalue weighted by Gasteiger charge is -2.28. The first kappa shape index (κ1) is 19.6. The van der Waals surface area contributed by atoms with Crippen molar-refractivity contribution in [1.82, 2.24) is 14.6 Å². The van der Waals surface area contributed by atoms with E-state index in [9.17, 15) is 18.3 Å². The van der Waals surface area contributed by atoms with Crippen molar-refractivity contribution in [2.45, 2.75) is 43.2 Å². The van der Waals surface area contributed by atoms with Crippen LogP contribution in [0.15, 0.2) is 47.5 Å². The monoisotopic (exact) mass is 391 g/mol. The molecule has 1 aromatic heterocycles.